The van der Waals surface area contributed by atoms with Crippen molar-refractivity contribution in [2.75, 3.05) is 25.0 Å². The zero-order chi connectivity index (χ0) is 15.2. The normalized spacial score (nSPS) is 18.8. The van der Waals surface area contributed by atoms with Crippen LogP contribution < -0.4 is 15.5 Å². The lowest BCUT2D eigenvalue weighted by molar-refractivity contribution is 0.613. The molecule has 1 aliphatic heterocycles. The fourth-order valence-corrected chi connectivity index (χ4v) is 3.30. The molecule has 3 rings (SSSR count). The third-order valence-corrected chi connectivity index (χ3v) is 4.62. The van der Waals surface area contributed by atoms with Crippen LogP contribution in [0.3, 0.4) is 0 Å². The molecule has 1 saturated heterocycles. The first kappa shape index (κ1) is 18.3. The van der Waals surface area contributed by atoms with E-state index in [2.05, 4.69) is 37.6 Å². The third-order valence-electron chi connectivity index (χ3n) is 4.62. The molecule has 1 saturated carbocycles. The Labute approximate surface area is 156 Å². The minimum absolute atomic E-state index is 0. The zero-order valence-electron chi connectivity index (χ0n) is 13.9. The number of anilines is 1. The SMILES string of the molecule is CN=C(NCc1ccc(N2CCCC2)nc1)NC1CCCC1.I. The van der Waals surface area contributed by atoms with Crippen molar-refractivity contribution in [1.29, 1.82) is 0 Å². The van der Waals surface area contributed by atoms with Crippen LogP contribution >= 0.6 is 24.0 Å². The monoisotopic (exact) mass is 429 g/mol. The van der Waals surface area contributed by atoms with Gasteiger partial charge in [-0.25, -0.2) is 4.98 Å². The maximum absolute atomic E-state index is 4.59. The lowest BCUT2D eigenvalue weighted by atomic mass is 10.2. The fourth-order valence-electron chi connectivity index (χ4n) is 3.30. The molecule has 0 aromatic carbocycles. The highest BCUT2D eigenvalue weighted by molar-refractivity contribution is 14.0. The Kier molecular flexibility index (Phi) is 7.39. The summed E-state index contributed by atoms with van der Waals surface area (Å²) in [6, 6.07) is 4.88. The fraction of sp³-hybridized carbons (Fsp3) is 0.647. The summed E-state index contributed by atoms with van der Waals surface area (Å²) >= 11 is 0. The molecule has 6 heteroatoms. The lowest BCUT2D eigenvalue weighted by Crippen LogP contribution is -2.41. The van der Waals surface area contributed by atoms with Gasteiger partial charge >= 0.3 is 0 Å². The average molecular weight is 429 g/mol. The van der Waals surface area contributed by atoms with Crippen molar-refractivity contribution < 1.29 is 0 Å². The van der Waals surface area contributed by atoms with E-state index < -0.39 is 0 Å². The van der Waals surface area contributed by atoms with E-state index >= 15 is 0 Å². The standard InChI is InChI=1S/C17H27N5.HI/c1-18-17(21-15-6-2-3-7-15)20-13-14-8-9-16(19-12-14)22-10-4-5-11-22;/h8-9,12,15H,2-7,10-11,13H2,1H3,(H2,18,20,21);1H. The molecule has 128 valence electrons. The van der Waals surface area contributed by atoms with E-state index in [1.807, 2.05) is 13.2 Å². The molecule has 1 aromatic rings. The van der Waals surface area contributed by atoms with Crippen LogP contribution in [0.2, 0.25) is 0 Å². The van der Waals surface area contributed by atoms with Gasteiger partial charge in [-0.05, 0) is 37.3 Å². The van der Waals surface area contributed by atoms with Gasteiger partial charge in [-0.15, -0.1) is 24.0 Å². The predicted octanol–water partition coefficient (Wildman–Crippen LogP) is 2.91. The smallest absolute Gasteiger partial charge is 0.191 e. The van der Waals surface area contributed by atoms with Crippen LogP contribution in [0.15, 0.2) is 23.3 Å². The van der Waals surface area contributed by atoms with E-state index in [0.717, 1.165) is 31.4 Å². The first-order chi connectivity index (χ1) is 10.8. The van der Waals surface area contributed by atoms with Crippen LogP contribution in [0.4, 0.5) is 5.82 Å². The van der Waals surface area contributed by atoms with E-state index in [9.17, 15) is 0 Å². The Bertz CT molecular complexity index is 490. The molecule has 0 bridgehead atoms. The Morgan fingerprint density at radius 1 is 1.22 bits per heavy atom. The van der Waals surface area contributed by atoms with E-state index in [1.54, 1.807) is 0 Å². The van der Waals surface area contributed by atoms with Gasteiger partial charge in [-0.2, -0.15) is 0 Å². The van der Waals surface area contributed by atoms with Crippen LogP contribution in [0, 0.1) is 0 Å². The summed E-state index contributed by atoms with van der Waals surface area (Å²) in [5.74, 6) is 2.00. The molecule has 23 heavy (non-hydrogen) atoms. The number of rotatable bonds is 4. The van der Waals surface area contributed by atoms with Crippen LogP contribution in [0.5, 0.6) is 0 Å². The van der Waals surface area contributed by atoms with Gasteiger partial charge in [0.2, 0.25) is 0 Å². The topological polar surface area (TPSA) is 52.6 Å². The zero-order valence-corrected chi connectivity index (χ0v) is 16.3. The summed E-state index contributed by atoms with van der Waals surface area (Å²) in [7, 11) is 1.83. The molecule has 0 amide bonds. The lowest BCUT2D eigenvalue weighted by Gasteiger charge is -2.18. The Hall–Kier alpha value is -1.05. The van der Waals surface area contributed by atoms with E-state index in [1.165, 1.54) is 44.1 Å². The number of nitrogens with one attached hydrogen (secondary N) is 2. The van der Waals surface area contributed by atoms with E-state index in [4.69, 9.17) is 0 Å². The molecule has 5 nitrogen and oxygen atoms in total. The second-order valence-electron chi connectivity index (χ2n) is 6.27. The van der Waals surface area contributed by atoms with Gasteiger partial charge in [-0.3, -0.25) is 4.99 Å². The third kappa shape index (κ3) is 5.22. The molecule has 2 aliphatic rings. The molecule has 2 N–H and O–H groups in total. The number of halogens is 1. The maximum Gasteiger partial charge on any atom is 0.191 e. The Morgan fingerprint density at radius 3 is 2.57 bits per heavy atom. The van der Waals surface area contributed by atoms with Crippen molar-refractivity contribution in [3.05, 3.63) is 23.9 Å². The molecular formula is C17H28IN5. The molecule has 1 aromatic heterocycles. The Balaban J connectivity index is 0.00000192. The summed E-state index contributed by atoms with van der Waals surface area (Å²) in [4.78, 5) is 11.3. The van der Waals surface area contributed by atoms with Crippen molar-refractivity contribution in [2.45, 2.75) is 51.1 Å². The summed E-state index contributed by atoms with van der Waals surface area (Å²) in [5, 5.41) is 6.89. The summed E-state index contributed by atoms with van der Waals surface area (Å²) in [6.45, 7) is 3.05. The van der Waals surface area contributed by atoms with Crippen molar-refractivity contribution in [2.24, 2.45) is 4.99 Å². The highest BCUT2D eigenvalue weighted by atomic mass is 127. The number of aromatic nitrogens is 1. The highest BCUT2D eigenvalue weighted by Crippen LogP contribution is 2.18. The van der Waals surface area contributed by atoms with Gasteiger partial charge in [-0.1, -0.05) is 18.9 Å². The summed E-state index contributed by atoms with van der Waals surface area (Å²) in [6.07, 6.45) is 9.72. The molecular weight excluding hydrogens is 401 g/mol. The number of guanidine groups is 1. The molecule has 2 heterocycles. The highest BCUT2D eigenvalue weighted by Gasteiger charge is 2.16. The Morgan fingerprint density at radius 2 is 1.96 bits per heavy atom. The van der Waals surface area contributed by atoms with E-state index in [0.29, 0.717) is 6.04 Å². The molecule has 0 unspecified atom stereocenters. The van der Waals surface area contributed by atoms with Crippen LogP contribution in [-0.2, 0) is 6.54 Å². The van der Waals surface area contributed by atoms with Crippen LogP contribution in [0.1, 0.15) is 44.1 Å². The maximum atomic E-state index is 4.59. The molecule has 1 aliphatic carbocycles. The van der Waals surface area contributed by atoms with Crippen LogP contribution in [-0.4, -0.2) is 37.1 Å². The van der Waals surface area contributed by atoms with Gasteiger partial charge in [0.25, 0.3) is 0 Å². The van der Waals surface area contributed by atoms with Gasteiger partial charge in [0.15, 0.2) is 5.96 Å². The minimum atomic E-state index is 0. The number of aliphatic imine (C=N–C) groups is 1. The largest absolute Gasteiger partial charge is 0.357 e. The molecule has 0 spiro atoms. The van der Waals surface area contributed by atoms with Crippen molar-refractivity contribution in [3.63, 3.8) is 0 Å². The van der Waals surface area contributed by atoms with Crippen molar-refractivity contribution in [1.82, 2.24) is 15.6 Å². The second kappa shape index (κ2) is 9.30. The number of nitrogens with zero attached hydrogens (tertiary/aromatic N) is 3. The summed E-state index contributed by atoms with van der Waals surface area (Å²) < 4.78 is 0. The minimum Gasteiger partial charge on any atom is -0.357 e. The second-order valence-corrected chi connectivity index (χ2v) is 6.27. The average Bonchev–Trinajstić information content (AvgIpc) is 3.25. The van der Waals surface area contributed by atoms with Crippen molar-refractivity contribution in [3.8, 4) is 0 Å². The summed E-state index contributed by atoms with van der Waals surface area (Å²) in [5.41, 5.74) is 1.19. The molecule has 0 radical (unpaired) electrons. The number of hydrogen-bond acceptors (Lipinski definition) is 3. The number of hydrogen-bond donors (Lipinski definition) is 2. The molecule has 0 atom stereocenters. The number of pyridine rings is 1. The van der Waals surface area contributed by atoms with E-state index in [-0.39, 0.29) is 24.0 Å². The molecule has 2 fully saturated rings. The van der Waals surface area contributed by atoms with Gasteiger partial charge in [0.1, 0.15) is 5.82 Å². The quantitative estimate of drug-likeness (QED) is 0.439. The first-order valence-corrected chi connectivity index (χ1v) is 8.52. The predicted molar refractivity (Wildman–Crippen MR) is 107 cm³/mol. The van der Waals surface area contributed by atoms with Gasteiger partial charge in [0, 0.05) is 38.9 Å². The van der Waals surface area contributed by atoms with Crippen LogP contribution in [0.25, 0.3) is 0 Å². The van der Waals surface area contributed by atoms with Crippen molar-refractivity contribution >= 4 is 35.8 Å². The van der Waals surface area contributed by atoms with Gasteiger partial charge < -0.3 is 15.5 Å². The van der Waals surface area contributed by atoms with Gasteiger partial charge in [0.05, 0.1) is 0 Å². The first-order valence-electron chi connectivity index (χ1n) is 8.52.